The van der Waals surface area contributed by atoms with Gasteiger partial charge in [0, 0.05) is 47.1 Å². The van der Waals surface area contributed by atoms with Crippen LogP contribution in [0.2, 0.25) is 0 Å². The first kappa shape index (κ1) is 42.9. The second-order valence-electron chi connectivity index (χ2n) is 18.5. The van der Waals surface area contributed by atoms with E-state index in [1.54, 1.807) is 34.8 Å². The monoisotopic (exact) mass is 874 g/mol. The van der Waals surface area contributed by atoms with Crippen LogP contribution in [0.25, 0.3) is 11.1 Å². The lowest BCUT2D eigenvalue weighted by molar-refractivity contribution is -0.159. The fourth-order valence-corrected chi connectivity index (χ4v) is 12.4. The van der Waals surface area contributed by atoms with Crippen LogP contribution >= 0.6 is 11.8 Å². The third-order valence-electron chi connectivity index (χ3n) is 13.7. The van der Waals surface area contributed by atoms with Crippen LogP contribution in [-0.4, -0.2) is 113 Å². The lowest BCUT2D eigenvalue weighted by Crippen LogP contribution is -2.74. The number of hydrogen-bond acceptors (Lipinski definition) is 13. The summed E-state index contributed by atoms with van der Waals surface area (Å²) in [6.07, 6.45) is -0.254. The van der Waals surface area contributed by atoms with Crippen molar-refractivity contribution in [1.82, 2.24) is 15.1 Å². The summed E-state index contributed by atoms with van der Waals surface area (Å²) >= 11 is 1.52. The summed E-state index contributed by atoms with van der Waals surface area (Å²) in [6.45, 7) is 10.4. The average Bonchev–Trinajstić information content (AvgIpc) is 3.85. The number of aryl methyl sites for hydroxylation is 1. The van der Waals surface area contributed by atoms with Gasteiger partial charge in [-0.1, -0.05) is 54.6 Å². The smallest absolute Gasteiger partial charge is 0.408 e. The highest BCUT2D eigenvalue weighted by Gasteiger charge is 2.64. The summed E-state index contributed by atoms with van der Waals surface area (Å²) in [5, 5.41) is 26.8. The fraction of sp³-hybridized carbons (Fsp3) is 0.469. The highest BCUT2D eigenvalue weighted by atomic mass is 32.2. The minimum Gasteiger partial charge on any atom is -0.496 e. The third kappa shape index (κ3) is 6.99. The van der Waals surface area contributed by atoms with Gasteiger partial charge in [-0.15, -0.1) is 0 Å². The first-order valence-electron chi connectivity index (χ1n) is 21.5. The van der Waals surface area contributed by atoms with Crippen LogP contribution in [0.4, 0.5) is 4.79 Å². The Morgan fingerprint density at radius 1 is 1.05 bits per heavy atom. The number of ketones is 1. The van der Waals surface area contributed by atoms with E-state index in [1.807, 2.05) is 50.1 Å². The second kappa shape index (κ2) is 16.0. The van der Waals surface area contributed by atoms with Crippen LogP contribution in [0.15, 0.2) is 77.3 Å². The number of piperazine rings is 1. The number of nitrogens with one attached hydrogen (secondary N) is 1. The Balaban J connectivity index is 1.06. The molecule has 4 heterocycles. The molecule has 3 fully saturated rings. The van der Waals surface area contributed by atoms with Crippen molar-refractivity contribution in [2.45, 2.75) is 108 Å². The van der Waals surface area contributed by atoms with E-state index in [0.29, 0.717) is 12.2 Å². The van der Waals surface area contributed by atoms with Gasteiger partial charge in [0.2, 0.25) is 6.79 Å². The molecule has 330 valence electrons. The van der Waals surface area contributed by atoms with E-state index in [9.17, 15) is 24.8 Å². The Kier molecular flexibility index (Phi) is 10.9. The number of esters is 1. The molecule has 3 saturated heterocycles. The van der Waals surface area contributed by atoms with E-state index in [0.717, 1.165) is 28.0 Å². The number of carbonyl (C=O) groups is 3. The van der Waals surface area contributed by atoms with Crippen molar-refractivity contribution >= 4 is 29.6 Å². The molecule has 2 N–H and O–H groups in total. The van der Waals surface area contributed by atoms with E-state index in [2.05, 4.69) is 46.6 Å². The average molecular weight is 875 g/mol. The van der Waals surface area contributed by atoms with Crippen molar-refractivity contribution in [3.05, 3.63) is 111 Å². The largest absolute Gasteiger partial charge is 0.496 e. The second-order valence-corrected chi connectivity index (χ2v) is 19.6. The molecule has 7 atom stereocenters. The Bertz CT molecular complexity index is 2480. The number of rotatable bonds is 9. The van der Waals surface area contributed by atoms with E-state index >= 15 is 0 Å². The first-order chi connectivity index (χ1) is 30.1. The molecule has 6 aliphatic rings. The normalized spacial score (nSPS) is 26.5. The molecule has 3 aromatic rings. The number of Topliss-reactive ketones (excluding diaryl/α,β-unsaturated/α-hetero) is 1. The van der Waals surface area contributed by atoms with Crippen molar-refractivity contribution in [3.63, 3.8) is 0 Å². The van der Waals surface area contributed by atoms with Gasteiger partial charge in [0.1, 0.15) is 30.0 Å². The number of aliphatic hydroxyl groups is 1. The zero-order chi connectivity index (χ0) is 44.7. The van der Waals surface area contributed by atoms with Crippen LogP contribution in [0.3, 0.4) is 0 Å². The topological polar surface area (TPSA) is 160 Å². The number of hydrogen-bond donors (Lipinski definition) is 2. The molecule has 0 spiro atoms. The molecule has 2 aliphatic carbocycles. The van der Waals surface area contributed by atoms with Gasteiger partial charge in [0.15, 0.2) is 22.9 Å². The van der Waals surface area contributed by atoms with Crippen molar-refractivity contribution in [2.24, 2.45) is 0 Å². The standard InChI is InChI=1S/C49H54N4O9S/c1-25-17-28-18-35-37(20-50)53-36(41(52(35)7)39(28)26(2)42(25)58-8)19-49(57)40(44-43(60-24-61-44)27(3)45(49)54)38(53)21-59-46(55)34(51-47(56)62-48(4,5)6)23-63-22-33-31-15-11-9-13-29(31)30-14-10-12-16-32(30)33/h9-17,33-38,41,57H,18-19,21-24H2,1-8H3,(H,51,56)/t34-,35-,36?,37-,38-,41-,49?/m0/s1. The lowest BCUT2D eigenvalue weighted by atomic mass is 9.64. The lowest BCUT2D eigenvalue weighted by Gasteiger charge is -2.62. The molecular weight excluding hydrogens is 821 g/mol. The number of ether oxygens (including phenoxy) is 5. The van der Waals surface area contributed by atoms with Gasteiger partial charge >= 0.3 is 12.1 Å². The summed E-state index contributed by atoms with van der Waals surface area (Å²) in [5.41, 5.74) is 6.40. The number of nitrogens with zero attached hydrogens (tertiary/aromatic N) is 3. The maximum Gasteiger partial charge on any atom is 0.408 e. The molecule has 13 nitrogen and oxygen atoms in total. The van der Waals surface area contributed by atoms with Gasteiger partial charge < -0.3 is 34.1 Å². The van der Waals surface area contributed by atoms with E-state index in [-0.39, 0.29) is 66.2 Å². The first-order valence-corrected chi connectivity index (χ1v) is 22.7. The molecule has 3 aromatic carbocycles. The highest BCUT2D eigenvalue weighted by molar-refractivity contribution is 7.99. The number of fused-ring (bicyclic) bond motifs is 11. The number of amides is 1. The minimum absolute atomic E-state index is 0.0506. The number of piperidine rings is 1. The molecule has 1 amide bonds. The number of carbonyl (C=O) groups excluding carboxylic acids is 3. The van der Waals surface area contributed by atoms with Gasteiger partial charge in [-0.3, -0.25) is 14.6 Å². The Hall–Kier alpha value is -5.33. The van der Waals surface area contributed by atoms with Crippen molar-refractivity contribution in [2.75, 3.05) is 39.1 Å². The predicted octanol–water partition coefficient (Wildman–Crippen LogP) is 6.39. The Morgan fingerprint density at radius 2 is 1.71 bits per heavy atom. The minimum atomic E-state index is -2.07. The summed E-state index contributed by atoms with van der Waals surface area (Å²) in [5.74, 6) is 0.839. The zero-order valence-electron chi connectivity index (χ0n) is 36.9. The molecule has 4 aliphatic heterocycles. The molecule has 63 heavy (non-hydrogen) atoms. The molecule has 2 bridgehead atoms. The number of methoxy groups -OCH3 is 1. The van der Waals surface area contributed by atoms with Gasteiger partial charge in [-0.25, -0.2) is 9.59 Å². The molecule has 0 radical (unpaired) electrons. The maximum absolute atomic E-state index is 14.5. The molecule has 0 saturated carbocycles. The maximum atomic E-state index is 14.5. The van der Waals surface area contributed by atoms with E-state index in [1.165, 1.54) is 34.0 Å². The van der Waals surface area contributed by atoms with Crippen molar-refractivity contribution < 1.29 is 43.2 Å². The van der Waals surface area contributed by atoms with Gasteiger partial charge in [-0.2, -0.15) is 17.0 Å². The third-order valence-corrected chi connectivity index (χ3v) is 14.9. The van der Waals surface area contributed by atoms with Crippen LogP contribution in [0, 0.1) is 25.2 Å². The molecule has 14 heteroatoms. The van der Waals surface area contributed by atoms with Crippen molar-refractivity contribution in [1.29, 1.82) is 5.26 Å². The number of thioether (sulfide) groups is 1. The summed E-state index contributed by atoms with van der Waals surface area (Å²) in [6, 6.07) is 17.3. The van der Waals surface area contributed by atoms with E-state index in [4.69, 9.17) is 23.7 Å². The number of alkyl carbamates (subject to hydrolysis) is 1. The van der Waals surface area contributed by atoms with Crippen LogP contribution in [0.5, 0.6) is 5.75 Å². The van der Waals surface area contributed by atoms with Gasteiger partial charge in [-0.05, 0) is 99.5 Å². The van der Waals surface area contributed by atoms with Crippen LogP contribution < -0.4 is 10.1 Å². The number of benzene rings is 3. The highest BCUT2D eigenvalue weighted by Crippen LogP contribution is 2.55. The Labute approximate surface area is 372 Å². The Morgan fingerprint density at radius 3 is 2.37 bits per heavy atom. The quantitative estimate of drug-likeness (QED) is 0.228. The molecule has 2 unspecified atom stereocenters. The van der Waals surface area contributed by atoms with Gasteiger partial charge in [0.05, 0.1) is 25.3 Å². The molecular formula is C49H54N4O9S. The van der Waals surface area contributed by atoms with Gasteiger partial charge in [0.25, 0.3) is 0 Å². The van der Waals surface area contributed by atoms with Crippen LogP contribution in [-0.2, 0) is 35.0 Å². The summed E-state index contributed by atoms with van der Waals surface area (Å²) in [7, 11) is 3.64. The van der Waals surface area contributed by atoms with Crippen LogP contribution in [0.1, 0.15) is 79.5 Å². The zero-order valence-corrected chi connectivity index (χ0v) is 37.8. The van der Waals surface area contributed by atoms with E-state index < -0.39 is 53.2 Å². The fourth-order valence-electron chi connectivity index (χ4n) is 11.3. The molecule has 9 rings (SSSR count). The summed E-state index contributed by atoms with van der Waals surface area (Å²) < 4.78 is 29.7. The number of nitriles is 1. The van der Waals surface area contributed by atoms with Crippen molar-refractivity contribution in [3.8, 4) is 22.9 Å². The SMILES string of the molecule is COc1c(C)cc2c(c1C)[C@@H]1C3CC4(O)C(=O)C(C)=C5OCOC5=C4[C@H](COC(=O)[C@H](CSCC4c5ccccc5-c5ccccc54)NC(=O)OC(C)(C)C)N3[C@@H](C#N)[C@H](C2)N1C. The predicted molar refractivity (Wildman–Crippen MR) is 236 cm³/mol. The number of likely N-dealkylation sites (N-methyl/N-ethyl adjacent to an activating group) is 1. The molecule has 0 aromatic heterocycles. The summed E-state index contributed by atoms with van der Waals surface area (Å²) in [4.78, 5) is 46.6.